The number of nitrogen functional groups attached to an aromatic ring is 2. The zero-order chi connectivity index (χ0) is 13.4. The number of ether oxygens (including phenoxy) is 1. The molecule has 0 aliphatic rings. The minimum absolute atomic E-state index is 0.358. The zero-order valence-corrected chi connectivity index (χ0v) is 10.4. The summed E-state index contributed by atoms with van der Waals surface area (Å²) in [5.41, 5.74) is 14.8. The van der Waals surface area contributed by atoms with Gasteiger partial charge in [0.1, 0.15) is 5.75 Å². The van der Waals surface area contributed by atoms with Crippen molar-refractivity contribution in [1.82, 2.24) is 14.6 Å². The van der Waals surface area contributed by atoms with Gasteiger partial charge in [0.05, 0.1) is 18.4 Å². The van der Waals surface area contributed by atoms with Crippen molar-refractivity contribution in [3.05, 3.63) is 36.7 Å². The van der Waals surface area contributed by atoms with Gasteiger partial charge < -0.3 is 16.2 Å². The van der Waals surface area contributed by atoms with Gasteiger partial charge in [-0.05, 0) is 17.7 Å². The molecule has 0 saturated carbocycles. The number of fused-ring (bicyclic) bond motifs is 1. The normalized spacial score (nSPS) is 10.8. The third kappa shape index (κ3) is 1.74. The van der Waals surface area contributed by atoms with Gasteiger partial charge in [-0.1, -0.05) is 12.1 Å². The van der Waals surface area contributed by atoms with Crippen LogP contribution in [0.2, 0.25) is 0 Å². The molecule has 2 heterocycles. The van der Waals surface area contributed by atoms with E-state index in [0.29, 0.717) is 22.7 Å². The van der Waals surface area contributed by atoms with Crippen molar-refractivity contribution in [2.45, 2.75) is 0 Å². The van der Waals surface area contributed by atoms with Gasteiger partial charge in [-0.15, -0.1) is 5.10 Å². The SMILES string of the molecule is COc1cccc(-c2c(N)nn3ccnc3c2N)c1. The Kier molecular flexibility index (Phi) is 2.49. The van der Waals surface area contributed by atoms with E-state index in [4.69, 9.17) is 16.2 Å². The highest BCUT2D eigenvalue weighted by molar-refractivity contribution is 5.91. The molecule has 3 rings (SSSR count). The third-order valence-corrected chi connectivity index (χ3v) is 2.96. The average molecular weight is 255 g/mol. The molecule has 6 nitrogen and oxygen atoms in total. The fraction of sp³-hybridized carbons (Fsp3) is 0.0769. The molecule has 0 fully saturated rings. The molecular formula is C13H13N5O. The van der Waals surface area contributed by atoms with Gasteiger partial charge in [-0.25, -0.2) is 9.50 Å². The first kappa shape index (κ1) is 11.3. The molecule has 4 N–H and O–H groups in total. The maximum absolute atomic E-state index is 6.14. The monoisotopic (exact) mass is 255 g/mol. The maximum Gasteiger partial charge on any atom is 0.177 e. The molecule has 0 bridgehead atoms. The van der Waals surface area contributed by atoms with Gasteiger partial charge in [-0.3, -0.25) is 0 Å². The van der Waals surface area contributed by atoms with Gasteiger partial charge in [0.25, 0.3) is 0 Å². The molecule has 0 aliphatic carbocycles. The molecule has 0 spiro atoms. The van der Waals surface area contributed by atoms with Gasteiger partial charge in [0, 0.05) is 12.4 Å². The van der Waals surface area contributed by atoms with Crippen LogP contribution in [0.25, 0.3) is 16.8 Å². The third-order valence-electron chi connectivity index (χ3n) is 2.96. The molecule has 0 radical (unpaired) electrons. The minimum Gasteiger partial charge on any atom is -0.497 e. The number of hydrogen-bond donors (Lipinski definition) is 2. The van der Waals surface area contributed by atoms with Crippen molar-refractivity contribution in [2.24, 2.45) is 0 Å². The lowest BCUT2D eigenvalue weighted by molar-refractivity contribution is 0.415. The molecule has 0 saturated heterocycles. The second-order valence-electron chi connectivity index (χ2n) is 4.10. The maximum atomic E-state index is 6.14. The summed E-state index contributed by atoms with van der Waals surface area (Å²) in [6, 6.07) is 7.51. The number of aromatic nitrogens is 3. The highest BCUT2D eigenvalue weighted by atomic mass is 16.5. The van der Waals surface area contributed by atoms with Gasteiger partial charge in [0.2, 0.25) is 0 Å². The molecule has 0 aliphatic heterocycles. The number of anilines is 2. The van der Waals surface area contributed by atoms with Crippen LogP contribution in [0.15, 0.2) is 36.7 Å². The second kappa shape index (κ2) is 4.16. The molecule has 1 aromatic carbocycles. The minimum atomic E-state index is 0.358. The second-order valence-corrected chi connectivity index (χ2v) is 4.10. The number of imidazole rings is 1. The summed E-state index contributed by atoms with van der Waals surface area (Å²) in [6.45, 7) is 0. The molecule has 96 valence electrons. The average Bonchev–Trinajstić information content (AvgIpc) is 2.87. The number of rotatable bonds is 2. The lowest BCUT2D eigenvalue weighted by Gasteiger charge is -2.11. The summed E-state index contributed by atoms with van der Waals surface area (Å²) >= 11 is 0. The van der Waals surface area contributed by atoms with E-state index in [0.717, 1.165) is 11.3 Å². The first-order valence-corrected chi connectivity index (χ1v) is 5.73. The van der Waals surface area contributed by atoms with Crippen LogP contribution < -0.4 is 16.2 Å². The van der Waals surface area contributed by atoms with Crippen LogP contribution in [0, 0.1) is 0 Å². The Bertz CT molecular complexity index is 750. The molecule has 0 unspecified atom stereocenters. The van der Waals surface area contributed by atoms with E-state index >= 15 is 0 Å². The number of nitrogens with two attached hydrogens (primary N) is 2. The van der Waals surface area contributed by atoms with Crippen LogP contribution in [0.1, 0.15) is 0 Å². The van der Waals surface area contributed by atoms with Crippen LogP contribution in [-0.4, -0.2) is 21.7 Å². The van der Waals surface area contributed by atoms with Crippen molar-refractivity contribution in [3.63, 3.8) is 0 Å². The summed E-state index contributed by atoms with van der Waals surface area (Å²) in [7, 11) is 1.61. The van der Waals surface area contributed by atoms with Crippen molar-refractivity contribution in [1.29, 1.82) is 0 Å². The highest BCUT2D eigenvalue weighted by Crippen LogP contribution is 2.34. The van der Waals surface area contributed by atoms with Crippen molar-refractivity contribution in [3.8, 4) is 16.9 Å². The van der Waals surface area contributed by atoms with Crippen LogP contribution in [0.3, 0.4) is 0 Å². The summed E-state index contributed by atoms with van der Waals surface area (Å²) < 4.78 is 6.77. The molecular weight excluding hydrogens is 242 g/mol. The highest BCUT2D eigenvalue weighted by Gasteiger charge is 2.14. The van der Waals surface area contributed by atoms with Gasteiger partial charge in [0.15, 0.2) is 11.5 Å². The van der Waals surface area contributed by atoms with E-state index in [1.807, 2.05) is 24.3 Å². The predicted molar refractivity (Wildman–Crippen MR) is 73.8 cm³/mol. The fourth-order valence-corrected chi connectivity index (χ4v) is 2.07. The number of benzene rings is 1. The molecule has 3 aromatic rings. The van der Waals surface area contributed by atoms with Crippen LogP contribution in [-0.2, 0) is 0 Å². The van der Waals surface area contributed by atoms with Crippen molar-refractivity contribution >= 4 is 17.2 Å². The smallest absolute Gasteiger partial charge is 0.177 e. The summed E-state index contributed by atoms with van der Waals surface area (Å²) in [5.74, 6) is 1.09. The van der Waals surface area contributed by atoms with Crippen LogP contribution in [0.5, 0.6) is 5.75 Å². The predicted octanol–water partition coefficient (Wildman–Crippen LogP) is 1.57. The summed E-state index contributed by atoms with van der Waals surface area (Å²) in [6.07, 6.45) is 3.34. The number of nitrogens with zero attached hydrogens (tertiary/aromatic N) is 3. The van der Waals surface area contributed by atoms with E-state index in [-0.39, 0.29) is 0 Å². The van der Waals surface area contributed by atoms with Gasteiger partial charge in [-0.2, -0.15) is 0 Å². The number of hydrogen-bond acceptors (Lipinski definition) is 5. The Labute approximate surface area is 109 Å². The first-order chi connectivity index (χ1) is 9.20. The van der Waals surface area contributed by atoms with Crippen molar-refractivity contribution in [2.75, 3.05) is 18.6 Å². The quantitative estimate of drug-likeness (QED) is 0.725. The Balaban J connectivity index is 2.28. The Morgan fingerprint density at radius 2 is 2.11 bits per heavy atom. The number of methoxy groups -OCH3 is 1. The lowest BCUT2D eigenvalue weighted by atomic mass is 10.1. The van der Waals surface area contributed by atoms with Gasteiger partial charge >= 0.3 is 0 Å². The topological polar surface area (TPSA) is 91.5 Å². The summed E-state index contributed by atoms with van der Waals surface area (Å²) in [4.78, 5) is 4.18. The largest absolute Gasteiger partial charge is 0.497 e. The van der Waals surface area contributed by atoms with E-state index < -0.39 is 0 Å². The molecule has 0 atom stereocenters. The summed E-state index contributed by atoms with van der Waals surface area (Å²) in [5, 5.41) is 4.24. The Hall–Kier alpha value is -2.76. The van der Waals surface area contributed by atoms with E-state index in [1.54, 1.807) is 24.0 Å². The standard InChI is InChI=1S/C13H13N5O/c1-19-9-4-2-3-8(7-9)10-11(14)13-16-5-6-18(13)17-12(10)15/h2-7H,14H2,1H3,(H2,15,17). The Morgan fingerprint density at radius 3 is 2.89 bits per heavy atom. The fourth-order valence-electron chi connectivity index (χ4n) is 2.07. The van der Waals surface area contributed by atoms with E-state index in [1.165, 1.54) is 0 Å². The van der Waals surface area contributed by atoms with E-state index in [2.05, 4.69) is 10.1 Å². The first-order valence-electron chi connectivity index (χ1n) is 5.73. The zero-order valence-electron chi connectivity index (χ0n) is 10.4. The van der Waals surface area contributed by atoms with Crippen LogP contribution >= 0.6 is 0 Å². The molecule has 19 heavy (non-hydrogen) atoms. The van der Waals surface area contributed by atoms with E-state index in [9.17, 15) is 0 Å². The lowest BCUT2D eigenvalue weighted by Crippen LogP contribution is -2.05. The Morgan fingerprint density at radius 1 is 1.26 bits per heavy atom. The molecule has 6 heteroatoms. The van der Waals surface area contributed by atoms with Crippen LogP contribution in [0.4, 0.5) is 11.5 Å². The van der Waals surface area contributed by atoms with Crippen molar-refractivity contribution < 1.29 is 4.74 Å². The molecule has 0 amide bonds. The molecule has 2 aromatic heterocycles.